The Hall–Kier alpha value is -2.81. The van der Waals surface area contributed by atoms with Crippen molar-refractivity contribution in [2.45, 2.75) is 24.7 Å². The second-order valence-electron chi connectivity index (χ2n) is 8.24. The quantitative estimate of drug-likeness (QED) is 0.223. The Labute approximate surface area is 218 Å². The van der Waals surface area contributed by atoms with Crippen LogP contribution < -0.4 is 5.32 Å². The molecule has 4 aromatic rings. The number of halogens is 7. The molecule has 2 nitrogen and oxygen atoms in total. The van der Waals surface area contributed by atoms with Gasteiger partial charge in [0.05, 0.1) is 21.8 Å². The zero-order valence-corrected chi connectivity index (χ0v) is 20.9. The average Bonchev–Trinajstić information content (AvgIpc) is 2.83. The fourth-order valence-electron chi connectivity index (χ4n) is 4.04. The molecular formula is C27H19BrClF5N2. The van der Waals surface area contributed by atoms with Gasteiger partial charge in [-0.25, -0.2) is 8.78 Å². The van der Waals surface area contributed by atoms with E-state index in [1.165, 1.54) is 18.3 Å². The summed E-state index contributed by atoms with van der Waals surface area (Å²) >= 11 is 9.38. The second-order valence-corrected chi connectivity index (χ2v) is 9.54. The van der Waals surface area contributed by atoms with Gasteiger partial charge in [-0.3, -0.25) is 10.3 Å². The smallest absolute Gasteiger partial charge is 0.298 e. The molecule has 0 aliphatic carbocycles. The number of aromatic nitrogens is 1. The van der Waals surface area contributed by atoms with E-state index in [1.807, 2.05) is 18.2 Å². The highest BCUT2D eigenvalue weighted by atomic mass is 79.9. The molecule has 0 aliphatic rings. The number of nitrogens with zero attached hydrogens (tertiary/aromatic N) is 1. The van der Waals surface area contributed by atoms with E-state index in [1.54, 1.807) is 30.3 Å². The molecule has 0 aliphatic heterocycles. The first-order valence-corrected chi connectivity index (χ1v) is 12.0. The standard InChI is InChI=1S/C27H19BrClF5N2/c28-24-13-22(30)8-6-18(24)15-36-26(14-17-4-2-1-3-5-17,25-9-7-21(29)16-35-25)19-10-20(27(32,33)34)12-23(31)11-19/h1-13,16,36H,14-15H2. The lowest BCUT2D eigenvalue weighted by Gasteiger charge is -2.36. The lowest BCUT2D eigenvalue weighted by molar-refractivity contribution is -0.137. The molecule has 1 N–H and O–H groups in total. The van der Waals surface area contributed by atoms with Crippen LogP contribution in [-0.4, -0.2) is 4.98 Å². The topological polar surface area (TPSA) is 24.9 Å². The van der Waals surface area contributed by atoms with Crippen molar-refractivity contribution in [3.63, 3.8) is 0 Å². The number of hydrogen-bond donors (Lipinski definition) is 1. The van der Waals surface area contributed by atoms with E-state index in [2.05, 4.69) is 26.2 Å². The molecule has 36 heavy (non-hydrogen) atoms. The maximum absolute atomic E-state index is 14.7. The number of rotatable bonds is 7. The fourth-order valence-corrected chi connectivity index (χ4v) is 4.64. The van der Waals surface area contributed by atoms with Crippen LogP contribution >= 0.6 is 27.5 Å². The lowest BCUT2D eigenvalue weighted by Crippen LogP contribution is -2.46. The first kappa shape index (κ1) is 26.3. The van der Waals surface area contributed by atoms with Crippen LogP contribution in [0, 0.1) is 11.6 Å². The summed E-state index contributed by atoms with van der Waals surface area (Å²) in [4.78, 5) is 4.42. The van der Waals surface area contributed by atoms with Crippen LogP contribution in [0.15, 0.2) is 89.5 Å². The van der Waals surface area contributed by atoms with Crippen molar-refractivity contribution >= 4 is 27.5 Å². The van der Waals surface area contributed by atoms with Crippen molar-refractivity contribution in [3.8, 4) is 0 Å². The number of alkyl halides is 3. The normalized spacial score (nSPS) is 13.4. The molecule has 186 valence electrons. The van der Waals surface area contributed by atoms with Crippen molar-refractivity contribution in [2.24, 2.45) is 0 Å². The van der Waals surface area contributed by atoms with Crippen molar-refractivity contribution in [1.29, 1.82) is 0 Å². The molecular weight excluding hydrogens is 563 g/mol. The number of nitrogens with one attached hydrogen (secondary N) is 1. The third kappa shape index (κ3) is 5.94. The van der Waals surface area contributed by atoms with E-state index in [0.717, 1.165) is 17.7 Å². The van der Waals surface area contributed by atoms with Gasteiger partial charge >= 0.3 is 6.18 Å². The van der Waals surface area contributed by atoms with Crippen LogP contribution in [0.2, 0.25) is 5.02 Å². The van der Waals surface area contributed by atoms with Gasteiger partial charge in [-0.1, -0.05) is 63.9 Å². The van der Waals surface area contributed by atoms with E-state index in [4.69, 9.17) is 11.6 Å². The van der Waals surface area contributed by atoms with Crippen molar-refractivity contribution in [3.05, 3.63) is 134 Å². The molecule has 1 aromatic heterocycles. The predicted molar refractivity (Wildman–Crippen MR) is 133 cm³/mol. The Kier molecular flexibility index (Phi) is 7.78. The van der Waals surface area contributed by atoms with Gasteiger partial charge in [0.1, 0.15) is 11.6 Å². The van der Waals surface area contributed by atoms with Crippen molar-refractivity contribution < 1.29 is 22.0 Å². The Balaban J connectivity index is 1.93. The number of pyridine rings is 1. The fraction of sp³-hybridized carbons (Fsp3) is 0.148. The van der Waals surface area contributed by atoms with Gasteiger partial charge in [0.2, 0.25) is 0 Å². The van der Waals surface area contributed by atoms with E-state index in [0.29, 0.717) is 26.8 Å². The molecule has 0 radical (unpaired) electrons. The Bertz CT molecular complexity index is 1350. The summed E-state index contributed by atoms with van der Waals surface area (Å²) in [7, 11) is 0. The maximum atomic E-state index is 14.7. The molecule has 0 spiro atoms. The van der Waals surface area contributed by atoms with E-state index < -0.39 is 28.9 Å². The minimum atomic E-state index is -4.76. The van der Waals surface area contributed by atoms with E-state index >= 15 is 0 Å². The number of hydrogen-bond acceptors (Lipinski definition) is 2. The molecule has 9 heteroatoms. The molecule has 0 fully saturated rings. The lowest BCUT2D eigenvalue weighted by atomic mass is 9.79. The second kappa shape index (κ2) is 10.7. The molecule has 0 saturated carbocycles. The van der Waals surface area contributed by atoms with Gasteiger partial charge in [0.25, 0.3) is 0 Å². The highest BCUT2D eigenvalue weighted by Crippen LogP contribution is 2.38. The molecule has 0 amide bonds. The molecule has 3 aromatic carbocycles. The van der Waals surface area contributed by atoms with Crippen LogP contribution in [-0.2, 0) is 24.7 Å². The van der Waals surface area contributed by atoms with Crippen LogP contribution in [0.25, 0.3) is 0 Å². The minimum absolute atomic E-state index is 0.0340. The van der Waals surface area contributed by atoms with Crippen LogP contribution in [0.3, 0.4) is 0 Å². The molecule has 1 unspecified atom stereocenters. The van der Waals surface area contributed by atoms with Crippen molar-refractivity contribution in [2.75, 3.05) is 0 Å². The highest BCUT2D eigenvalue weighted by molar-refractivity contribution is 9.10. The summed E-state index contributed by atoms with van der Waals surface area (Å²) in [6.07, 6.45) is -3.24. The van der Waals surface area contributed by atoms with Gasteiger partial charge in [0, 0.05) is 23.6 Å². The molecule has 1 heterocycles. The minimum Gasteiger partial charge on any atom is -0.298 e. The van der Waals surface area contributed by atoms with Crippen LogP contribution in [0.5, 0.6) is 0 Å². The molecule has 1 atom stereocenters. The summed E-state index contributed by atoms with van der Waals surface area (Å²) < 4.78 is 69.9. The predicted octanol–water partition coefficient (Wildman–Crippen LogP) is 8.07. The SMILES string of the molecule is Fc1cc(C(F)(F)F)cc(C(Cc2ccccc2)(NCc2ccc(F)cc2Br)c2ccc(Cl)cn2)c1. The third-order valence-electron chi connectivity index (χ3n) is 5.79. The molecule has 0 bridgehead atoms. The average molecular weight is 582 g/mol. The zero-order valence-electron chi connectivity index (χ0n) is 18.6. The monoisotopic (exact) mass is 580 g/mol. The van der Waals surface area contributed by atoms with Crippen molar-refractivity contribution in [1.82, 2.24) is 10.3 Å². The summed E-state index contributed by atoms with van der Waals surface area (Å²) in [5.41, 5.74) is -0.719. The Morgan fingerprint density at radius 3 is 2.19 bits per heavy atom. The van der Waals surface area contributed by atoms with E-state index in [9.17, 15) is 22.0 Å². The summed E-state index contributed by atoms with van der Waals surface area (Å²) in [6.45, 7) is 0.107. The summed E-state index contributed by atoms with van der Waals surface area (Å²) in [5, 5.41) is 3.66. The highest BCUT2D eigenvalue weighted by Gasteiger charge is 2.39. The first-order chi connectivity index (χ1) is 17.1. The van der Waals surface area contributed by atoms with Crippen LogP contribution in [0.1, 0.15) is 27.9 Å². The molecule has 4 rings (SSSR count). The molecule has 0 saturated heterocycles. The third-order valence-corrected chi connectivity index (χ3v) is 6.75. The van der Waals surface area contributed by atoms with Crippen LogP contribution in [0.4, 0.5) is 22.0 Å². The zero-order chi connectivity index (χ0) is 25.9. The summed E-state index contributed by atoms with van der Waals surface area (Å²) in [6, 6.07) is 18.8. The maximum Gasteiger partial charge on any atom is 0.416 e. The van der Waals surface area contributed by atoms with Gasteiger partial charge in [0.15, 0.2) is 0 Å². The van der Waals surface area contributed by atoms with E-state index in [-0.39, 0.29) is 18.5 Å². The van der Waals surface area contributed by atoms with Gasteiger partial charge in [-0.05, 0) is 59.2 Å². The Morgan fingerprint density at radius 1 is 0.833 bits per heavy atom. The van der Waals surface area contributed by atoms with Gasteiger partial charge < -0.3 is 0 Å². The largest absolute Gasteiger partial charge is 0.416 e. The van der Waals surface area contributed by atoms with Gasteiger partial charge in [-0.2, -0.15) is 13.2 Å². The first-order valence-electron chi connectivity index (χ1n) is 10.8. The summed E-state index contributed by atoms with van der Waals surface area (Å²) in [5.74, 6) is -1.48. The Morgan fingerprint density at radius 2 is 1.56 bits per heavy atom. The number of benzene rings is 3. The van der Waals surface area contributed by atoms with Gasteiger partial charge in [-0.15, -0.1) is 0 Å².